The van der Waals surface area contributed by atoms with Crippen molar-refractivity contribution >= 4 is 5.69 Å². The molecule has 2 aliphatic rings. The lowest BCUT2D eigenvalue weighted by Crippen LogP contribution is -2.35. The Morgan fingerprint density at radius 1 is 1.29 bits per heavy atom. The molecule has 1 unspecified atom stereocenters. The van der Waals surface area contributed by atoms with Crippen LogP contribution in [0.2, 0.25) is 0 Å². The molecule has 2 atom stereocenters. The Morgan fingerprint density at radius 2 is 2.07 bits per heavy atom. The number of hydrogen-bond donors (Lipinski definition) is 1. The maximum absolute atomic E-state index is 5.77. The van der Waals surface area contributed by atoms with Crippen molar-refractivity contribution in [2.75, 3.05) is 5.73 Å². The predicted octanol–water partition coefficient (Wildman–Crippen LogP) is 1.36. The molecule has 1 saturated carbocycles. The summed E-state index contributed by atoms with van der Waals surface area (Å²) in [6.45, 7) is 0. The number of rotatable bonds is 0. The van der Waals surface area contributed by atoms with Gasteiger partial charge in [-0.05, 0) is 19.3 Å². The highest BCUT2D eigenvalue weighted by atomic mass is 16.6. The second-order valence-corrected chi connectivity index (χ2v) is 3.82. The van der Waals surface area contributed by atoms with Crippen LogP contribution in [0.25, 0.3) is 0 Å². The van der Waals surface area contributed by atoms with Crippen LogP contribution in [-0.4, -0.2) is 17.2 Å². The minimum absolute atomic E-state index is 0.193. The Morgan fingerprint density at radius 3 is 2.93 bits per heavy atom. The number of hydrogen-bond acceptors (Lipinski definition) is 4. The van der Waals surface area contributed by atoms with Gasteiger partial charge in [0.15, 0.2) is 5.75 Å². The number of aromatic nitrogens is 1. The lowest BCUT2D eigenvalue weighted by molar-refractivity contribution is 0.0383. The Labute approximate surface area is 82.0 Å². The number of pyridine rings is 1. The fourth-order valence-electron chi connectivity index (χ4n) is 2.09. The van der Waals surface area contributed by atoms with Crippen LogP contribution in [-0.2, 0) is 0 Å². The van der Waals surface area contributed by atoms with Crippen molar-refractivity contribution in [3.05, 3.63) is 12.3 Å². The standard InChI is InChI=1S/C10H12N2O2/c11-6-4-9-10(12-5-6)14-8-3-1-2-7(8)13-9/h4-5,7-8H,1-3,11H2/t7-,8?/m1/s1. The summed E-state index contributed by atoms with van der Waals surface area (Å²) in [5, 5.41) is 0. The molecule has 2 N–H and O–H groups in total. The van der Waals surface area contributed by atoms with Gasteiger partial charge in [0.05, 0.1) is 11.9 Å². The Hall–Kier alpha value is -1.45. The number of nitrogens with two attached hydrogens (primary N) is 1. The van der Waals surface area contributed by atoms with E-state index < -0.39 is 0 Å². The maximum Gasteiger partial charge on any atom is 0.257 e. The van der Waals surface area contributed by atoms with Crippen LogP contribution < -0.4 is 15.2 Å². The average Bonchev–Trinajstić information content (AvgIpc) is 2.61. The van der Waals surface area contributed by atoms with Gasteiger partial charge >= 0.3 is 0 Å². The van der Waals surface area contributed by atoms with E-state index in [9.17, 15) is 0 Å². The molecule has 74 valence electrons. The molecule has 0 spiro atoms. The van der Waals surface area contributed by atoms with E-state index in [-0.39, 0.29) is 12.2 Å². The highest BCUT2D eigenvalue weighted by Gasteiger charge is 2.36. The van der Waals surface area contributed by atoms with Crippen LogP contribution in [0.4, 0.5) is 5.69 Å². The van der Waals surface area contributed by atoms with Gasteiger partial charge < -0.3 is 15.2 Å². The van der Waals surface area contributed by atoms with Crippen LogP contribution >= 0.6 is 0 Å². The Kier molecular flexibility index (Phi) is 1.56. The zero-order valence-corrected chi connectivity index (χ0v) is 7.77. The van der Waals surface area contributed by atoms with Crippen molar-refractivity contribution in [2.24, 2.45) is 0 Å². The van der Waals surface area contributed by atoms with Gasteiger partial charge in [-0.25, -0.2) is 4.98 Å². The van der Waals surface area contributed by atoms with Gasteiger partial charge in [-0.2, -0.15) is 0 Å². The minimum Gasteiger partial charge on any atom is -0.481 e. The maximum atomic E-state index is 5.77. The first-order chi connectivity index (χ1) is 6.83. The molecule has 2 heterocycles. The summed E-state index contributed by atoms with van der Waals surface area (Å²) in [6, 6.07) is 1.77. The van der Waals surface area contributed by atoms with Crippen LogP contribution in [0.1, 0.15) is 19.3 Å². The van der Waals surface area contributed by atoms with Crippen LogP contribution in [0.5, 0.6) is 11.6 Å². The van der Waals surface area contributed by atoms with E-state index in [0.717, 1.165) is 12.8 Å². The second-order valence-electron chi connectivity index (χ2n) is 3.82. The Bertz CT molecular complexity index is 367. The highest BCUT2D eigenvalue weighted by molar-refractivity contribution is 5.47. The van der Waals surface area contributed by atoms with Crippen LogP contribution in [0.3, 0.4) is 0 Å². The van der Waals surface area contributed by atoms with E-state index >= 15 is 0 Å². The molecule has 3 rings (SSSR count). The Balaban J connectivity index is 1.97. The van der Waals surface area contributed by atoms with Gasteiger partial charge in [0.25, 0.3) is 5.88 Å². The van der Waals surface area contributed by atoms with E-state index in [0.29, 0.717) is 17.3 Å². The van der Waals surface area contributed by atoms with Crippen molar-refractivity contribution in [2.45, 2.75) is 31.5 Å². The summed E-state index contributed by atoms with van der Waals surface area (Å²) in [5.74, 6) is 1.27. The summed E-state index contributed by atoms with van der Waals surface area (Å²) >= 11 is 0. The van der Waals surface area contributed by atoms with E-state index in [4.69, 9.17) is 15.2 Å². The molecule has 0 bridgehead atoms. The van der Waals surface area contributed by atoms with Gasteiger partial charge in [0, 0.05) is 6.07 Å². The lowest BCUT2D eigenvalue weighted by atomic mass is 10.2. The molecule has 0 saturated heterocycles. The number of anilines is 1. The molecule has 1 aliphatic carbocycles. The van der Waals surface area contributed by atoms with Gasteiger partial charge in [0.1, 0.15) is 12.2 Å². The van der Waals surface area contributed by atoms with Crippen molar-refractivity contribution in [3.63, 3.8) is 0 Å². The molecular formula is C10H12N2O2. The SMILES string of the molecule is Nc1cnc2c(c1)O[C@@H]1CCCC1O2. The monoisotopic (exact) mass is 192 g/mol. The minimum atomic E-state index is 0.193. The largest absolute Gasteiger partial charge is 0.481 e. The van der Waals surface area contributed by atoms with Gasteiger partial charge in [-0.1, -0.05) is 0 Å². The molecule has 4 heteroatoms. The van der Waals surface area contributed by atoms with Crippen molar-refractivity contribution in [1.82, 2.24) is 4.98 Å². The lowest BCUT2D eigenvalue weighted by Gasteiger charge is -2.28. The molecular weight excluding hydrogens is 180 g/mol. The molecule has 1 aromatic rings. The molecule has 0 amide bonds. The quantitative estimate of drug-likeness (QED) is 0.674. The second kappa shape index (κ2) is 2.77. The summed E-state index contributed by atoms with van der Waals surface area (Å²) < 4.78 is 11.5. The molecule has 1 fully saturated rings. The van der Waals surface area contributed by atoms with Gasteiger partial charge in [-0.15, -0.1) is 0 Å². The highest BCUT2D eigenvalue weighted by Crippen LogP contribution is 2.38. The van der Waals surface area contributed by atoms with Crippen LogP contribution in [0, 0.1) is 0 Å². The topological polar surface area (TPSA) is 57.4 Å². The smallest absolute Gasteiger partial charge is 0.257 e. The van der Waals surface area contributed by atoms with E-state index in [1.807, 2.05) is 0 Å². The summed E-state index contributed by atoms with van der Waals surface area (Å²) in [6.07, 6.45) is 5.29. The molecule has 14 heavy (non-hydrogen) atoms. The third-order valence-electron chi connectivity index (χ3n) is 2.77. The number of ether oxygens (including phenoxy) is 2. The third kappa shape index (κ3) is 1.10. The molecule has 0 aromatic carbocycles. The molecule has 4 nitrogen and oxygen atoms in total. The average molecular weight is 192 g/mol. The molecule has 1 aromatic heterocycles. The van der Waals surface area contributed by atoms with Crippen molar-refractivity contribution in [3.8, 4) is 11.6 Å². The van der Waals surface area contributed by atoms with Crippen molar-refractivity contribution in [1.29, 1.82) is 0 Å². The zero-order chi connectivity index (χ0) is 9.54. The van der Waals surface area contributed by atoms with Crippen LogP contribution in [0.15, 0.2) is 12.3 Å². The van der Waals surface area contributed by atoms with E-state index in [1.165, 1.54) is 6.42 Å². The molecule has 1 aliphatic heterocycles. The first kappa shape index (κ1) is 7.91. The normalized spacial score (nSPS) is 28.6. The summed E-state index contributed by atoms with van der Waals surface area (Å²) in [7, 11) is 0. The fourth-order valence-corrected chi connectivity index (χ4v) is 2.09. The summed E-state index contributed by atoms with van der Waals surface area (Å²) in [4.78, 5) is 4.11. The number of nitrogens with zero attached hydrogens (tertiary/aromatic N) is 1. The fraction of sp³-hybridized carbons (Fsp3) is 0.500. The van der Waals surface area contributed by atoms with E-state index in [1.54, 1.807) is 12.3 Å². The van der Waals surface area contributed by atoms with Crippen molar-refractivity contribution < 1.29 is 9.47 Å². The van der Waals surface area contributed by atoms with E-state index in [2.05, 4.69) is 4.98 Å². The number of nitrogen functional groups attached to an aromatic ring is 1. The zero-order valence-electron chi connectivity index (χ0n) is 7.77. The summed E-state index contributed by atoms with van der Waals surface area (Å²) in [5.41, 5.74) is 6.24. The first-order valence-corrected chi connectivity index (χ1v) is 4.92. The molecule has 0 radical (unpaired) electrons. The first-order valence-electron chi connectivity index (χ1n) is 4.92. The number of fused-ring (bicyclic) bond motifs is 2. The predicted molar refractivity (Wildman–Crippen MR) is 51.3 cm³/mol. The van der Waals surface area contributed by atoms with Gasteiger partial charge in [0.2, 0.25) is 0 Å². The van der Waals surface area contributed by atoms with Gasteiger partial charge in [-0.3, -0.25) is 0 Å². The third-order valence-corrected chi connectivity index (χ3v) is 2.77.